The van der Waals surface area contributed by atoms with Crippen LogP contribution < -0.4 is 25.1 Å². The third-order valence-electron chi connectivity index (χ3n) is 6.84. The van der Waals surface area contributed by atoms with Crippen LogP contribution in [0.15, 0.2) is 77.7 Å². The van der Waals surface area contributed by atoms with Crippen LogP contribution in [-0.2, 0) is 4.74 Å². The third-order valence-corrected chi connectivity index (χ3v) is 6.84. The molecule has 0 aliphatic rings. The number of halogens is 1. The van der Waals surface area contributed by atoms with Gasteiger partial charge in [-0.3, -0.25) is 23.9 Å². The highest BCUT2D eigenvalue weighted by atomic mass is 19.1. The summed E-state index contributed by atoms with van der Waals surface area (Å²) >= 11 is 0. The van der Waals surface area contributed by atoms with E-state index >= 15 is 0 Å². The molecule has 0 bridgehead atoms. The van der Waals surface area contributed by atoms with Gasteiger partial charge in [0.1, 0.15) is 29.3 Å². The molecule has 0 aliphatic heterocycles. The van der Waals surface area contributed by atoms with Crippen LogP contribution in [0.5, 0.6) is 23.1 Å². The Hall–Kier alpha value is -5.62. The topological polar surface area (TPSA) is 131 Å². The number of fused-ring (bicyclic) bond motifs is 1. The molecule has 3 aromatic heterocycles. The highest BCUT2D eigenvalue weighted by Crippen LogP contribution is 2.34. The van der Waals surface area contributed by atoms with Gasteiger partial charge >= 0.3 is 0 Å². The van der Waals surface area contributed by atoms with E-state index in [1.54, 1.807) is 56.6 Å². The van der Waals surface area contributed by atoms with E-state index in [9.17, 15) is 18.8 Å². The van der Waals surface area contributed by atoms with Gasteiger partial charge in [-0.05, 0) is 68.4 Å². The molecule has 1 N–H and O–H groups in total. The fraction of sp³-hybridized carbons (Fsp3) is 0.182. The van der Waals surface area contributed by atoms with Crippen molar-refractivity contribution in [3.8, 4) is 28.8 Å². The Morgan fingerprint density at radius 1 is 0.933 bits per heavy atom. The number of aromatic nitrogens is 3. The van der Waals surface area contributed by atoms with E-state index in [4.69, 9.17) is 18.9 Å². The Labute approximate surface area is 257 Å². The maximum atomic E-state index is 13.5. The second kappa shape index (κ2) is 13.3. The Kier molecular flexibility index (Phi) is 9.14. The molecule has 12 heteroatoms. The number of methoxy groups -OCH3 is 2. The fourth-order valence-corrected chi connectivity index (χ4v) is 4.63. The van der Waals surface area contributed by atoms with E-state index < -0.39 is 17.3 Å². The standard InChI is InChI=1S/C33H29FN4O7/c1-19-25(20(2)39)17-26(33(41)38(19)23-9-5-21(34)6-10-23)31(40)36-22-7-11-24(12-8-22)45-28-13-14-35-27-18-29(44-16-15-42-3)32(43-4)37-30(27)28/h5-14,17-18H,15-16H2,1-4H3,(H,36,40). The fourth-order valence-electron chi connectivity index (χ4n) is 4.63. The minimum absolute atomic E-state index is 0.191. The quantitative estimate of drug-likeness (QED) is 0.152. The van der Waals surface area contributed by atoms with Crippen molar-refractivity contribution < 1.29 is 32.9 Å². The second-order valence-electron chi connectivity index (χ2n) is 9.82. The number of Topliss-reactive ketones (excluding diaryl/α,β-unsaturated/α-hetero) is 1. The molecule has 0 aliphatic carbocycles. The average Bonchev–Trinajstić information content (AvgIpc) is 3.02. The molecule has 0 saturated carbocycles. The van der Waals surface area contributed by atoms with Crippen molar-refractivity contribution in [2.75, 3.05) is 32.8 Å². The predicted molar refractivity (Wildman–Crippen MR) is 165 cm³/mol. The lowest BCUT2D eigenvalue weighted by molar-refractivity contribution is 0.101. The zero-order chi connectivity index (χ0) is 32.1. The molecule has 0 unspecified atom stereocenters. The normalized spacial score (nSPS) is 10.9. The summed E-state index contributed by atoms with van der Waals surface area (Å²) in [5.41, 5.74) is 1.30. The van der Waals surface area contributed by atoms with Crippen LogP contribution >= 0.6 is 0 Å². The number of ether oxygens (including phenoxy) is 4. The Morgan fingerprint density at radius 2 is 1.67 bits per heavy atom. The minimum atomic E-state index is -0.716. The van der Waals surface area contributed by atoms with Crippen molar-refractivity contribution in [2.45, 2.75) is 13.8 Å². The summed E-state index contributed by atoms with van der Waals surface area (Å²) in [4.78, 5) is 48.0. The number of hydrogen-bond acceptors (Lipinski definition) is 9. The van der Waals surface area contributed by atoms with E-state index in [0.717, 1.165) is 0 Å². The SMILES string of the molecule is COCCOc1cc2nccc(Oc3ccc(NC(=O)c4cc(C(C)=O)c(C)n(-c5ccc(F)cc5)c4=O)cc3)c2nc1OC. The Morgan fingerprint density at radius 3 is 2.33 bits per heavy atom. The first-order chi connectivity index (χ1) is 21.7. The third kappa shape index (κ3) is 6.65. The zero-order valence-corrected chi connectivity index (χ0v) is 24.9. The van der Waals surface area contributed by atoms with E-state index in [0.29, 0.717) is 58.6 Å². The molecule has 3 heterocycles. The number of ketones is 1. The molecule has 5 aromatic rings. The highest BCUT2D eigenvalue weighted by Gasteiger charge is 2.21. The molecule has 45 heavy (non-hydrogen) atoms. The average molecular weight is 613 g/mol. The second-order valence-corrected chi connectivity index (χ2v) is 9.82. The largest absolute Gasteiger partial charge is 0.485 e. The number of carbonyl (C=O) groups excluding carboxylic acids is 2. The van der Waals surface area contributed by atoms with E-state index in [2.05, 4.69) is 15.3 Å². The van der Waals surface area contributed by atoms with Gasteiger partial charge in [0.05, 0.1) is 19.2 Å². The molecule has 5 rings (SSSR count). The van der Waals surface area contributed by atoms with E-state index in [-0.39, 0.29) is 22.8 Å². The molecule has 11 nitrogen and oxygen atoms in total. The van der Waals surface area contributed by atoms with Gasteiger partial charge < -0.3 is 24.3 Å². The maximum absolute atomic E-state index is 13.5. The van der Waals surface area contributed by atoms with Gasteiger partial charge in [-0.25, -0.2) is 9.37 Å². The first-order valence-electron chi connectivity index (χ1n) is 13.8. The van der Waals surface area contributed by atoms with Gasteiger partial charge in [-0.2, -0.15) is 0 Å². The van der Waals surface area contributed by atoms with Gasteiger partial charge in [-0.1, -0.05) is 0 Å². The van der Waals surface area contributed by atoms with Gasteiger partial charge in [0.2, 0.25) is 0 Å². The number of anilines is 1. The number of hydrogen-bond donors (Lipinski definition) is 1. The van der Waals surface area contributed by atoms with Crippen LogP contribution in [-0.4, -0.2) is 53.7 Å². The molecule has 0 fully saturated rings. The molecule has 0 spiro atoms. The molecular weight excluding hydrogens is 583 g/mol. The first-order valence-corrected chi connectivity index (χ1v) is 13.8. The van der Waals surface area contributed by atoms with Crippen LogP contribution in [0, 0.1) is 12.7 Å². The summed E-state index contributed by atoms with van der Waals surface area (Å²) in [7, 11) is 3.06. The smallest absolute Gasteiger partial charge is 0.268 e. The Balaban J connectivity index is 1.38. The number of nitrogens with one attached hydrogen (secondary N) is 1. The lowest BCUT2D eigenvalue weighted by atomic mass is 10.1. The molecule has 0 atom stereocenters. The number of rotatable bonds is 11. The van der Waals surface area contributed by atoms with Crippen molar-refractivity contribution >= 4 is 28.4 Å². The summed E-state index contributed by atoms with van der Waals surface area (Å²) in [6.07, 6.45) is 1.58. The number of pyridine rings is 3. The van der Waals surface area contributed by atoms with Gasteiger partial charge in [0.15, 0.2) is 17.3 Å². The number of amides is 1. The van der Waals surface area contributed by atoms with Gasteiger partial charge in [0, 0.05) is 48.1 Å². The molecular formula is C33H29FN4O7. The lowest BCUT2D eigenvalue weighted by Crippen LogP contribution is -2.31. The van der Waals surface area contributed by atoms with Crippen molar-refractivity contribution in [1.82, 2.24) is 14.5 Å². The van der Waals surface area contributed by atoms with Crippen LogP contribution in [0.2, 0.25) is 0 Å². The maximum Gasteiger partial charge on any atom is 0.268 e. The van der Waals surface area contributed by atoms with Crippen LogP contribution in [0.1, 0.15) is 33.3 Å². The predicted octanol–water partition coefficient (Wildman–Crippen LogP) is 5.51. The summed E-state index contributed by atoms with van der Waals surface area (Å²) in [6, 6.07) is 16.3. The number of benzene rings is 2. The highest BCUT2D eigenvalue weighted by molar-refractivity contribution is 6.06. The molecule has 2 aromatic carbocycles. The molecule has 0 saturated heterocycles. The molecule has 0 radical (unpaired) electrons. The summed E-state index contributed by atoms with van der Waals surface area (Å²) < 4.78 is 37.0. The van der Waals surface area contributed by atoms with Crippen LogP contribution in [0.4, 0.5) is 10.1 Å². The van der Waals surface area contributed by atoms with Crippen molar-refractivity contribution in [3.63, 3.8) is 0 Å². The van der Waals surface area contributed by atoms with Crippen molar-refractivity contribution in [1.29, 1.82) is 0 Å². The lowest BCUT2D eigenvalue weighted by Gasteiger charge is -2.16. The summed E-state index contributed by atoms with van der Waals surface area (Å²) in [6.45, 7) is 3.64. The van der Waals surface area contributed by atoms with Crippen molar-refractivity contribution in [2.24, 2.45) is 0 Å². The molecule has 1 amide bonds. The van der Waals surface area contributed by atoms with E-state index in [1.165, 1.54) is 48.9 Å². The van der Waals surface area contributed by atoms with Gasteiger partial charge in [0.25, 0.3) is 17.3 Å². The number of carbonyl (C=O) groups is 2. The summed E-state index contributed by atoms with van der Waals surface area (Å²) in [5.74, 6) is 0.00251. The zero-order valence-electron chi connectivity index (χ0n) is 24.9. The van der Waals surface area contributed by atoms with Crippen LogP contribution in [0.3, 0.4) is 0 Å². The molecule has 230 valence electrons. The first kappa shape index (κ1) is 30.8. The summed E-state index contributed by atoms with van der Waals surface area (Å²) in [5, 5.41) is 2.69. The number of nitrogens with zero attached hydrogens (tertiary/aromatic N) is 3. The Bertz CT molecular complexity index is 1940. The van der Waals surface area contributed by atoms with Gasteiger partial charge in [-0.15, -0.1) is 0 Å². The van der Waals surface area contributed by atoms with E-state index in [1.807, 2.05) is 0 Å². The van der Waals surface area contributed by atoms with Crippen LogP contribution in [0.25, 0.3) is 16.7 Å². The minimum Gasteiger partial charge on any atom is -0.485 e. The van der Waals surface area contributed by atoms with Crippen molar-refractivity contribution in [3.05, 3.63) is 106 Å². The monoisotopic (exact) mass is 612 g/mol.